The van der Waals surface area contributed by atoms with Crippen LogP contribution in [0.1, 0.15) is 35.6 Å². The average molecular weight is 467 g/mol. The van der Waals surface area contributed by atoms with Crippen LogP contribution in [0, 0.1) is 18.7 Å². The van der Waals surface area contributed by atoms with Gasteiger partial charge in [0.1, 0.15) is 5.82 Å². The molecule has 3 aromatic rings. The van der Waals surface area contributed by atoms with E-state index >= 15 is 0 Å². The highest BCUT2D eigenvalue weighted by Crippen LogP contribution is 2.27. The fourth-order valence-electron chi connectivity index (χ4n) is 4.15. The Labute approximate surface area is 194 Å². The number of carbonyl (C=O) groups is 1. The molecule has 5 nitrogen and oxygen atoms in total. The lowest BCUT2D eigenvalue weighted by Gasteiger charge is -2.32. The molecular formula is C26H27FN2O3S. The van der Waals surface area contributed by atoms with Crippen LogP contribution in [0.25, 0.3) is 0 Å². The number of carbonyl (C=O) groups excluding carboxylic acids is 1. The monoisotopic (exact) mass is 466 g/mol. The van der Waals surface area contributed by atoms with Crippen LogP contribution < -0.4 is 5.32 Å². The summed E-state index contributed by atoms with van der Waals surface area (Å²) in [4.78, 5) is 13.3. The van der Waals surface area contributed by atoms with Crippen molar-refractivity contribution in [1.82, 2.24) is 9.62 Å². The van der Waals surface area contributed by atoms with Gasteiger partial charge < -0.3 is 5.32 Å². The zero-order valence-electron chi connectivity index (χ0n) is 18.4. The van der Waals surface area contributed by atoms with Crippen LogP contribution in [0.2, 0.25) is 0 Å². The number of hydrogen-bond acceptors (Lipinski definition) is 3. The van der Waals surface area contributed by atoms with E-state index in [-0.39, 0.29) is 23.4 Å². The second-order valence-electron chi connectivity index (χ2n) is 8.42. The fraction of sp³-hybridized carbons (Fsp3) is 0.269. The van der Waals surface area contributed by atoms with Gasteiger partial charge in [0.05, 0.1) is 16.9 Å². The molecule has 1 heterocycles. The maximum absolute atomic E-state index is 13.3. The lowest BCUT2D eigenvalue weighted by Crippen LogP contribution is -2.46. The van der Waals surface area contributed by atoms with Crippen molar-refractivity contribution in [3.05, 3.63) is 101 Å². The third-order valence-electron chi connectivity index (χ3n) is 6.04. The summed E-state index contributed by atoms with van der Waals surface area (Å²) >= 11 is 0. The van der Waals surface area contributed by atoms with Gasteiger partial charge in [0, 0.05) is 13.1 Å². The molecular weight excluding hydrogens is 439 g/mol. The molecule has 0 bridgehead atoms. The Hall–Kier alpha value is -3.03. The number of amides is 1. The van der Waals surface area contributed by atoms with Crippen LogP contribution in [0.5, 0.6) is 0 Å². The SMILES string of the molecule is Cc1ccc([C@H](NC(=O)[C@@H]2CCCN(S(=O)(=O)c3ccc(F)cc3)C2)c2ccccc2)cc1. The standard InChI is InChI=1S/C26H27FN2O3S/c1-19-9-11-21(12-10-19)25(20-6-3-2-4-7-20)28-26(30)22-8-5-17-29(18-22)33(31,32)24-15-13-23(27)14-16-24/h2-4,6-7,9-16,22,25H,5,8,17-18H2,1H3,(H,28,30)/t22-,25-/m1/s1. The van der Waals surface area contributed by atoms with E-state index in [4.69, 9.17) is 0 Å². The minimum absolute atomic E-state index is 0.0341. The largest absolute Gasteiger partial charge is 0.345 e. The quantitative estimate of drug-likeness (QED) is 0.584. The predicted octanol–water partition coefficient (Wildman–Crippen LogP) is 4.44. The molecule has 0 spiro atoms. The smallest absolute Gasteiger partial charge is 0.243 e. The van der Waals surface area contributed by atoms with Gasteiger partial charge in [-0.3, -0.25) is 4.79 Å². The molecule has 1 fully saturated rings. The van der Waals surface area contributed by atoms with E-state index in [1.54, 1.807) is 0 Å². The third kappa shape index (κ3) is 5.31. The van der Waals surface area contributed by atoms with Crippen LogP contribution in [0.4, 0.5) is 4.39 Å². The van der Waals surface area contributed by atoms with E-state index < -0.39 is 21.8 Å². The summed E-state index contributed by atoms with van der Waals surface area (Å²) in [5.74, 6) is -1.14. The maximum Gasteiger partial charge on any atom is 0.243 e. The topological polar surface area (TPSA) is 66.5 Å². The molecule has 0 saturated carbocycles. The van der Waals surface area contributed by atoms with Crippen LogP contribution >= 0.6 is 0 Å². The number of halogens is 1. The van der Waals surface area contributed by atoms with Gasteiger partial charge in [0.15, 0.2) is 0 Å². The van der Waals surface area contributed by atoms with Crippen LogP contribution in [-0.4, -0.2) is 31.7 Å². The number of rotatable bonds is 6. The van der Waals surface area contributed by atoms with Crippen molar-refractivity contribution in [2.75, 3.05) is 13.1 Å². The molecule has 33 heavy (non-hydrogen) atoms. The van der Waals surface area contributed by atoms with Gasteiger partial charge in [-0.2, -0.15) is 4.31 Å². The van der Waals surface area contributed by atoms with E-state index in [1.807, 2.05) is 61.5 Å². The van der Waals surface area contributed by atoms with E-state index in [2.05, 4.69) is 5.32 Å². The van der Waals surface area contributed by atoms with Crippen molar-refractivity contribution < 1.29 is 17.6 Å². The molecule has 0 radical (unpaired) electrons. The van der Waals surface area contributed by atoms with Crippen molar-refractivity contribution in [3.8, 4) is 0 Å². The van der Waals surface area contributed by atoms with E-state index in [1.165, 1.54) is 16.4 Å². The Kier molecular flexibility index (Phi) is 6.91. The highest BCUT2D eigenvalue weighted by Gasteiger charge is 2.34. The summed E-state index contributed by atoms with van der Waals surface area (Å²) in [5.41, 5.74) is 3.05. The number of sulfonamides is 1. The summed E-state index contributed by atoms with van der Waals surface area (Å²) in [5, 5.41) is 3.15. The number of piperidine rings is 1. The molecule has 1 amide bonds. The minimum atomic E-state index is -3.80. The first-order chi connectivity index (χ1) is 15.8. The van der Waals surface area contributed by atoms with Crippen LogP contribution in [0.15, 0.2) is 83.8 Å². The molecule has 1 aliphatic heterocycles. The van der Waals surface area contributed by atoms with Gasteiger partial charge in [-0.15, -0.1) is 0 Å². The molecule has 4 rings (SSSR count). The normalized spacial score (nSPS) is 17.9. The Morgan fingerprint density at radius 2 is 1.61 bits per heavy atom. The van der Waals surface area contributed by atoms with Crippen molar-refractivity contribution in [2.45, 2.75) is 30.7 Å². The summed E-state index contributed by atoms with van der Waals surface area (Å²) in [7, 11) is -3.80. The summed E-state index contributed by atoms with van der Waals surface area (Å²) < 4.78 is 40.6. The van der Waals surface area contributed by atoms with Crippen LogP contribution in [-0.2, 0) is 14.8 Å². The molecule has 1 N–H and O–H groups in total. The van der Waals surface area contributed by atoms with Gasteiger partial charge in [-0.25, -0.2) is 12.8 Å². The molecule has 3 aromatic carbocycles. The van der Waals surface area contributed by atoms with E-state index in [0.717, 1.165) is 28.8 Å². The number of nitrogens with one attached hydrogen (secondary N) is 1. The van der Waals surface area contributed by atoms with Crippen molar-refractivity contribution in [2.24, 2.45) is 5.92 Å². The number of aryl methyl sites for hydroxylation is 1. The summed E-state index contributed by atoms with van der Waals surface area (Å²) in [6.45, 7) is 2.45. The molecule has 7 heteroatoms. The first-order valence-corrected chi connectivity index (χ1v) is 12.5. The summed E-state index contributed by atoms with van der Waals surface area (Å²) in [6, 6.07) is 22.2. The molecule has 1 aliphatic rings. The third-order valence-corrected chi connectivity index (χ3v) is 7.92. The zero-order chi connectivity index (χ0) is 23.4. The van der Waals surface area contributed by atoms with Crippen LogP contribution in [0.3, 0.4) is 0 Å². The number of benzene rings is 3. The highest BCUT2D eigenvalue weighted by molar-refractivity contribution is 7.89. The number of hydrogen-bond donors (Lipinski definition) is 1. The first-order valence-electron chi connectivity index (χ1n) is 11.0. The second kappa shape index (κ2) is 9.85. The summed E-state index contributed by atoms with van der Waals surface area (Å²) in [6.07, 6.45) is 1.19. The Morgan fingerprint density at radius 1 is 0.970 bits per heavy atom. The second-order valence-corrected chi connectivity index (χ2v) is 10.4. The first kappa shape index (κ1) is 23.1. The van der Waals surface area contributed by atoms with E-state index in [0.29, 0.717) is 19.4 Å². The van der Waals surface area contributed by atoms with Gasteiger partial charge in [0.25, 0.3) is 0 Å². The van der Waals surface area contributed by atoms with Gasteiger partial charge >= 0.3 is 0 Å². The van der Waals surface area contributed by atoms with Gasteiger partial charge in [-0.1, -0.05) is 60.2 Å². The Morgan fingerprint density at radius 3 is 2.27 bits per heavy atom. The molecule has 0 unspecified atom stereocenters. The lowest BCUT2D eigenvalue weighted by molar-refractivity contribution is -0.126. The molecule has 172 valence electrons. The molecule has 2 atom stereocenters. The van der Waals surface area contributed by atoms with Gasteiger partial charge in [0.2, 0.25) is 15.9 Å². The number of nitrogens with zero attached hydrogens (tertiary/aromatic N) is 1. The lowest BCUT2D eigenvalue weighted by atomic mass is 9.94. The Bertz CT molecular complexity index is 1200. The maximum atomic E-state index is 13.3. The van der Waals surface area contributed by atoms with Crippen molar-refractivity contribution in [1.29, 1.82) is 0 Å². The zero-order valence-corrected chi connectivity index (χ0v) is 19.3. The van der Waals surface area contributed by atoms with Gasteiger partial charge in [-0.05, 0) is 55.2 Å². The molecule has 1 saturated heterocycles. The average Bonchev–Trinajstić information content (AvgIpc) is 2.84. The predicted molar refractivity (Wildman–Crippen MR) is 125 cm³/mol. The highest BCUT2D eigenvalue weighted by atomic mass is 32.2. The Balaban J connectivity index is 1.53. The van der Waals surface area contributed by atoms with Crippen molar-refractivity contribution >= 4 is 15.9 Å². The fourth-order valence-corrected chi connectivity index (χ4v) is 5.68. The minimum Gasteiger partial charge on any atom is -0.345 e. The molecule has 0 aliphatic carbocycles. The van der Waals surface area contributed by atoms with E-state index in [9.17, 15) is 17.6 Å². The van der Waals surface area contributed by atoms with Crippen molar-refractivity contribution in [3.63, 3.8) is 0 Å². The molecule has 0 aromatic heterocycles.